The number of nitrogens with zero attached hydrogens (tertiary/aromatic N) is 3. The Bertz CT molecular complexity index is 402. The molecule has 2 saturated heterocycles. The molecule has 0 aromatic carbocycles. The Morgan fingerprint density at radius 1 is 1.00 bits per heavy atom. The normalized spacial score (nSPS) is 31.6. The largest absolute Gasteiger partial charge is 0.481 e. The summed E-state index contributed by atoms with van der Waals surface area (Å²) >= 11 is 0. The fraction of sp³-hybridized carbons (Fsp3) is 0.857. The summed E-state index contributed by atoms with van der Waals surface area (Å²) in [7, 11) is 0. The first kappa shape index (κ1) is 13.7. The third-order valence-electron chi connectivity index (χ3n) is 4.85. The Balaban J connectivity index is 1.53. The van der Waals surface area contributed by atoms with Crippen molar-refractivity contribution in [3.63, 3.8) is 0 Å². The lowest BCUT2D eigenvalue weighted by atomic mass is 9.99. The molecular formula is C14H23N3O3. The van der Waals surface area contributed by atoms with Crippen molar-refractivity contribution >= 4 is 12.0 Å². The Morgan fingerprint density at radius 3 is 2.15 bits per heavy atom. The molecule has 6 heteroatoms. The molecule has 6 nitrogen and oxygen atoms in total. The number of rotatable bonds is 2. The lowest BCUT2D eigenvalue weighted by Gasteiger charge is -2.36. The van der Waals surface area contributed by atoms with Crippen LogP contribution in [0.1, 0.15) is 19.8 Å². The van der Waals surface area contributed by atoms with Gasteiger partial charge in [-0.3, -0.25) is 9.69 Å². The van der Waals surface area contributed by atoms with Gasteiger partial charge in [-0.1, -0.05) is 6.92 Å². The maximum absolute atomic E-state index is 12.4. The fourth-order valence-corrected chi connectivity index (χ4v) is 3.36. The number of piperazine rings is 1. The van der Waals surface area contributed by atoms with Crippen LogP contribution >= 0.6 is 0 Å². The van der Waals surface area contributed by atoms with Crippen LogP contribution in [0.5, 0.6) is 0 Å². The second-order valence-electron chi connectivity index (χ2n) is 6.36. The molecule has 0 bridgehead atoms. The van der Waals surface area contributed by atoms with Gasteiger partial charge in [-0.05, 0) is 18.8 Å². The van der Waals surface area contributed by atoms with Crippen molar-refractivity contribution in [1.82, 2.24) is 14.7 Å². The predicted molar refractivity (Wildman–Crippen MR) is 73.4 cm³/mol. The minimum absolute atomic E-state index is 0.0241. The summed E-state index contributed by atoms with van der Waals surface area (Å²) in [5, 5.41) is 9.14. The first-order chi connectivity index (χ1) is 9.56. The Morgan fingerprint density at radius 2 is 1.65 bits per heavy atom. The first-order valence-electron chi connectivity index (χ1n) is 7.57. The van der Waals surface area contributed by atoms with Crippen LogP contribution in [-0.4, -0.2) is 77.1 Å². The van der Waals surface area contributed by atoms with Gasteiger partial charge in [0.25, 0.3) is 0 Å². The highest BCUT2D eigenvalue weighted by Crippen LogP contribution is 2.28. The van der Waals surface area contributed by atoms with E-state index < -0.39 is 11.9 Å². The highest BCUT2D eigenvalue weighted by atomic mass is 16.4. The van der Waals surface area contributed by atoms with Crippen LogP contribution < -0.4 is 0 Å². The average Bonchev–Trinajstić information content (AvgIpc) is 3.20. The molecule has 0 radical (unpaired) electrons. The maximum atomic E-state index is 12.4. The summed E-state index contributed by atoms with van der Waals surface area (Å²) in [5.74, 6) is -1.15. The summed E-state index contributed by atoms with van der Waals surface area (Å²) in [6.45, 7) is 6.31. The van der Waals surface area contributed by atoms with Gasteiger partial charge in [-0.2, -0.15) is 0 Å². The van der Waals surface area contributed by atoms with E-state index in [1.165, 1.54) is 12.8 Å². The molecule has 3 aliphatic rings. The molecule has 0 aromatic rings. The number of carboxylic acid groups (broad SMARTS) is 1. The van der Waals surface area contributed by atoms with Gasteiger partial charge in [-0.25, -0.2) is 4.79 Å². The van der Waals surface area contributed by atoms with Crippen LogP contribution in [0.2, 0.25) is 0 Å². The number of carboxylic acids is 1. The lowest BCUT2D eigenvalue weighted by molar-refractivity contribution is -0.142. The molecule has 0 aromatic heterocycles. The molecule has 2 unspecified atom stereocenters. The molecule has 2 atom stereocenters. The maximum Gasteiger partial charge on any atom is 0.320 e. The molecule has 2 aliphatic heterocycles. The molecule has 2 heterocycles. The van der Waals surface area contributed by atoms with Crippen molar-refractivity contribution in [3.8, 4) is 0 Å². The van der Waals surface area contributed by atoms with E-state index in [4.69, 9.17) is 5.11 Å². The third kappa shape index (κ3) is 2.61. The van der Waals surface area contributed by atoms with Crippen LogP contribution in [0.15, 0.2) is 0 Å². The highest BCUT2D eigenvalue weighted by Gasteiger charge is 2.39. The average molecular weight is 281 g/mol. The summed E-state index contributed by atoms with van der Waals surface area (Å²) in [6, 6.07) is 0.784. The zero-order valence-corrected chi connectivity index (χ0v) is 12.0. The fourth-order valence-electron chi connectivity index (χ4n) is 3.36. The van der Waals surface area contributed by atoms with Crippen molar-refractivity contribution in [3.05, 3.63) is 0 Å². The second kappa shape index (κ2) is 5.24. The van der Waals surface area contributed by atoms with E-state index in [9.17, 15) is 9.59 Å². The molecule has 3 rings (SSSR count). The van der Waals surface area contributed by atoms with Gasteiger partial charge in [-0.15, -0.1) is 0 Å². The minimum Gasteiger partial charge on any atom is -0.481 e. The molecule has 1 aliphatic carbocycles. The third-order valence-corrected chi connectivity index (χ3v) is 4.85. The Labute approximate surface area is 119 Å². The predicted octanol–water partition coefficient (Wildman–Crippen LogP) is 0.539. The van der Waals surface area contributed by atoms with Gasteiger partial charge in [0, 0.05) is 45.3 Å². The van der Waals surface area contributed by atoms with Crippen molar-refractivity contribution in [2.45, 2.75) is 25.8 Å². The summed E-state index contributed by atoms with van der Waals surface area (Å²) < 4.78 is 0. The van der Waals surface area contributed by atoms with Crippen LogP contribution in [-0.2, 0) is 4.79 Å². The first-order valence-corrected chi connectivity index (χ1v) is 7.57. The number of aliphatic carboxylic acids is 1. The molecule has 3 fully saturated rings. The van der Waals surface area contributed by atoms with Crippen molar-refractivity contribution < 1.29 is 14.7 Å². The van der Waals surface area contributed by atoms with E-state index in [2.05, 4.69) is 4.90 Å². The number of amides is 2. The highest BCUT2D eigenvalue weighted by molar-refractivity contribution is 5.77. The summed E-state index contributed by atoms with van der Waals surface area (Å²) in [5.41, 5.74) is 0. The van der Waals surface area contributed by atoms with Gasteiger partial charge in [0.2, 0.25) is 0 Å². The zero-order valence-electron chi connectivity index (χ0n) is 12.0. The van der Waals surface area contributed by atoms with E-state index in [0.717, 1.165) is 32.2 Å². The topological polar surface area (TPSA) is 64.1 Å². The van der Waals surface area contributed by atoms with E-state index in [-0.39, 0.29) is 11.9 Å². The number of likely N-dealkylation sites (tertiary alicyclic amines) is 1. The van der Waals surface area contributed by atoms with Crippen molar-refractivity contribution in [2.75, 3.05) is 39.3 Å². The van der Waals surface area contributed by atoms with Gasteiger partial charge in [0.15, 0.2) is 0 Å². The van der Waals surface area contributed by atoms with Crippen LogP contribution in [0.3, 0.4) is 0 Å². The molecule has 1 saturated carbocycles. The number of carbonyl (C=O) groups is 2. The monoisotopic (exact) mass is 281 g/mol. The number of urea groups is 1. The lowest BCUT2D eigenvalue weighted by Crippen LogP contribution is -2.53. The van der Waals surface area contributed by atoms with Crippen LogP contribution in [0.4, 0.5) is 4.79 Å². The standard InChI is InChI=1S/C14H23N3O3/c1-10-8-17(9-12(10)13(18)19)14(20)16-6-4-15(5-7-16)11-2-3-11/h10-12H,2-9H2,1H3,(H,18,19). The van der Waals surface area contributed by atoms with Crippen LogP contribution in [0.25, 0.3) is 0 Å². The van der Waals surface area contributed by atoms with Crippen molar-refractivity contribution in [2.24, 2.45) is 11.8 Å². The molecular weight excluding hydrogens is 258 g/mol. The van der Waals surface area contributed by atoms with Gasteiger partial charge >= 0.3 is 12.0 Å². The van der Waals surface area contributed by atoms with Crippen molar-refractivity contribution in [1.29, 1.82) is 0 Å². The quantitative estimate of drug-likeness (QED) is 0.802. The Kier molecular flexibility index (Phi) is 3.58. The summed E-state index contributed by atoms with van der Waals surface area (Å²) in [6.07, 6.45) is 2.61. The molecule has 0 spiro atoms. The number of hydrogen-bond donors (Lipinski definition) is 1. The smallest absolute Gasteiger partial charge is 0.320 e. The number of carbonyl (C=O) groups excluding carboxylic acids is 1. The number of hydrogen-bond acceptors (Lipinski definition) is 3. The van der Waals surface area contributed by atoms with Gasteiger partial charge in [0.05, 0.1) is 5.92 Å². The van der Waals surface area contributed by atoms with Gasteiger partial charge in [0.1, 0.15) is 0 Å². The summed E-state index contributed by atoms with van der Waals surface area (Å²) in [4.78, 5) is 29.6. The molecule has 112 valence electrons. The molecule has 1 N–H and O–H groups in total. The van der Waals surface area contributed by atoms with E-state index in [0.29, 0.717) is 13.1 Å². The Hall–Kier alpha value is -1.30. The van der Waals surface area contributed by atoms with E-state index in [1.807, 2.05) is 11.8 Å². The van der Waals surface area contributed by atoms with Crippen LogP contribution in [0, 0.1) is 11.8 Å². The minimum atomic E-state index is -0.786. The molecule has 20 heavy (non-hydrogen) atoms. The zero-order chi connectivity index (χ0) is 14.3. The second-order valence-corrected chi connectivity index (χ2v) is 6.36. The molecule has 2 amide bonds. The van der Waals surface area contributed by atoms with E-state index in [1.54, 1.807) is 4.90 Å². The SMILES string of the molecule is CC1CN(C(=O)N2CCN(C3CC3)CC2)CC1C(=O)O. The van der Waals surface area contributed by atoms with Gasteiger partial charge < -0.3 is 14.9 Å². The van der Waals surface area contributed by atoms with E-state index >= 15 is 0 Å².